The van der Waals surface area contributed by atoms with Crippen LogP contribution in [0.2, 0.25) is 0 Å². The van der Waals surface area contributed by atoms with E-state index >= 15 is 0 Å². The van der Waals surface area contributed by atoms with Crippen LogP contribution in [0.25, 0.3) is 0 Å². The SMILES string of the molecule is CCCC(C)NS(=O)(=O)c1cccc(S(=O)(=O)F)c1. The molecule has 0 radical (unpaired) electrons. The first kappa shape index (κ1) is 16.1. The summed E-state index contributed by atoms with van der Waals surface area (Å²) in [5, 5.41) is 0. The first-order chi connectivity index (χ1) is 8.66. The number of hydrogen-bond donors (Lipinski definition) is 1. The molecule has 1 unspecified atom stereocenters. The van der Waals surface area contributed by atoms with Crippen LogP contribution >= 0.6 is 0 Å². The van der Waals surface area contributed by atoms with Gasteiger partial charge in [-0.05, 0) is 31.5 Å². The molecule has 0 aliphatic carbocycles. The third kappa shape index (κ3) is 4.55. The van der Waals surface area contributed by atoms with Crippen molar-refractivity contribution in [3.05, 3.63) is 24.3 Å². The lowest BCUT2D eigenvalue weighted by atomic mass is 10.2. The van der Waals surface area contributed by atoms with E-state index in [1.54, 1.807) is 6.92 Å². The molecule has 0 heterocycles. The highest BCUT2D eigenvalue weighted by molar-refractivity contribution is 7.89. The predicted molar refractivity (Wildman–Crippen MR) is 69.4 cm³/mol. The van der Waals surface area contributed by atoms with E-state index < -0.39 is 25.1 Å². The molecule has 1 aromatic rings. The molecule has 5 nitrogen and oxygen atoms in total. The molecule has 19 heavy (non-hydrogen) atoms. The molecular formula is C11H16FNO4S2. The predicted octanol–water partition coefficient (Wildman–Crippen LogP) is 1.81. The summed E-state index contributed by atoms with van der Waals surface area (Å²) in [6.45, 7) is 3.62. The zero-order valence-electron chi connectivity index (χ0n) is 10.6. The molecule has 0 aliphatic rings. The molecule has 0 spiro atoms. The summed E-state index contributed by atoms with van der Waals surface area (Å²) in [6.07, 6.45) is 1.46. The van der Waals surface area contributed by atoms with E-state index in [0.29, 0.717) is 6.42 Å². The summed E-state index contributed by atoms with van der Waals surface area (Å²) in [5.41, 5.74) is 0. The fraction of sp³-hybridized carbons (Fsp3) is 0.455. The zero-order chi connectivity index (χ0) is 14.7. The van der Waals surface area contributed by atoms with Crippen molar-refractivity contribution in [2.24, 2.45) is 0 Å². The van der Waals surface area contributed by atoms with E-state index in [1.807, 2.05) is 6.92 Å². The van der Waals surface area contributed by atoms with Gasteiger partial charge in [-0.25, -0.2) is 13.1 Å². The highest BCUT2D eigenvalue weighted by Crippen LogP contribution is 2.18. The van der Waals surface area contributed by atoms with Crippen molar-refractivity contribution in [1.82, 2.24) is 4.72 Å². The van der Waals surface area contributed by atoms with E-state index in [0.717, 1.165) is 18.6 Å². The minimum absolute atomic E-state index is 0.269. The van der Waals surface area contributed by atoms with Crippen molar-refractivity contribution < 1.29 is 20.7 Å². The Morgan fingerprint density at radius 2 is 1.79 bits per heavy atom. The maximum absolute atomic E-state index is 12.8. The van der Waals surface area contributed by atoms with Gasteiger partial charge < -0.3 is 0 Å². The fourth-order valence-corrected chi connectivity index (χ4v) is 3.52. The number of hydrogen-bond acceptors (Lipinski definition) is 4. The first-order valence-corrected chi connectivity index (χ1v) is 8.60. The van der Waals surface area contributed by atoms with Crippen LogP contribution in [0.4, 0.5) is 3.89 Å². The second-order valence-corrected chi connectivity index (χ2v) is 7.28. The highest BCUT2D eigenvalue weighted by atomic mass is 32.3. The van der Waals surface area contributed by atoms with Crippen molar-refractivity contribution in [2.75, 3.05) is 0 Å². The van der Waals surface area contributed by atoms with Gasteiger partial charge in [0.1, 0.15) is 0 Å². The second-order valence-electron chi connectivity index (χ2n) is 4.22. The number of nitrogens with one attached hydrogen (secondary N) is 1. The van der Waals surface area contributed by atoms with Crippen molar-refractivity contribution in [3.8, 4) is 0 Å². The van der Waals surface area contributed by atoms with Crippen molar-refractivity contribution in [1.29, 1.82) is 0 Å². The summed E-state index contributed by atoms with van der Waals surface area (Å²) in [5.74, 6) is 0. The molecule has 0 saturated heterocycles. The molecular weight excluding hydrogens is 293 g/mol. The van der Waals surface area contributed by atoms with Gasteiger partial charge in [0.15, 0.2) is 0 Å². The van der Waals surface area contributed by atoms with Crippen LogP contribution in [0.3, 0.4) is 0 Å². The maximum atomic E-state index is 12.8. The summed E-state index contributed by atoms with van der Waals surface area (Å²) in [7, 11) is -8.76. The number of halogens is 1. The van der Waals surface area contributed by atoms with E-state index in [4.69, 9.17) is 0 Å². The molecule has 1 N–H and O–H groups in total. The van der Waals surface area contributed by atoms with E-state index in [-0.39, 0.29) is 10.9 Å². The number of sulfonamides is 1. The van der Waals surface area contributed by atoms with Crippen LogP contribution in [-0.2, 0) is 20.2 Å². The van der Waals surface area contributed by atoms with Crippen LogP contribution in [0, 0.1) is 0 Å². The molecule has 8 heteroatoms. The standard InChI is InChI=1S/C11H16FNO4S2/c1-3-5-9(2)13-19(16,17)11-7-4-6-10(8-11)18(12,14)15/h4,6-9,13H,3,5H2,1-2H3. The number of benzene rings is 1. The van der Waals surface area contributed by atoms with Crippen LogP contribution < -0.4 is 4.72 Å². The van der Waals surface area contributed by atoms with E-state index in [1.165, 1.54) is 12.1 Å². The summed E-state index contributed by atoms with van der Waals surface area (Å²) in [6, 6.07) is 3.93. The van der Waals surface area contributed by atoms with Gasteiger partial charge in [0.25, 0.3) is 0 Å². The molecule has 1 rings (SSSR count). The number of rotatable bonds is 6. The lowest BCUT2D eigenvalue weighted by Gasteiger charge is -2.13. The third-order valence-corrected chi connectivity index (χ3v) is 4.88. The van der Waals surface area contributed by atoms with Gasteiger partial charge in [-0.1, -0.05) is 19.4 Å². The molecule has 0 fully saturated rings. The molecule has 1 aromatic carbocycles. The van der Waals surface area contributed by atoms with E-state index in [2.05, 4.69) is 4.72 Å². The Balaban J connectivity index is 3.09. The van der Waals surface area contributed by atoms with Gasteiger partial charge in [0, 0.05) is 6.04 Å². The van der Waals surface area contributed by atoms with Gasteiger partial charge in [0.05, 0.1) is 9.79 Å². The van der Waals surface area contributed by atoms with Crippen LogP contribution in [-0.4, -0.2) is 22.9 Å². The highest BCUT2D eigenvalue weighted by Gasteiger charge is 2.20. The summed E-state index contributed by atoms with van der Waals surface area (Å²) < 4.78 is 60.7. The zero-order valence-corrected chi connectivity index (χ0v) is 12.3. The Kier molecular flexibility index (Phi) is 5.05. The Morgan fingerprint density at radius 1 is 1.21 bits per heavy atom. The quantitative estimate of drug-likeness (QED) is 0.813. The summed E-state index contributed by atoms with van der Waals surface area (Å²) >= 11 is 0. The lowest BCUT2D eigenvalue weighted by Crippen LogP contribution is -2.32. The Hall–Kier alpha value is -0.990. The van der Waals surface area contributed by atoms with Gasteiger partial charge in [-0.15, -0.1) is 3.89 Å². The van der Waals surface area contributed by atoms with Crippen LogP contribution in [0.1, 0.15) is 26.7 Å². The first-order valence-electron chi connectivity index (χ1n) is 5.74. The summed E-state index contributed by atoms with van der Waals surface area (Å²) in [4.78, 5) is -0.937. The van der Waals surface area contributed by atoms with Gasteiger partial charge in [-0.3, -0.25) is 0 Å². The van der Waals surface area contributed by atoms with Gasteiger partial charge in [-0.2, -0.15) is 8.42 Å². The monoisotopic (exact) mass is 309 g/mol. The van der Waals surface area contributed by atoms with Crippen molar-refractivity contribution in [3.63, 3.8) is 0 Å². The average molecular weight is 309 g/mol. The minimum Gasteiger partial charge on any atom is -0.208 e. The molecule has 0 amide bonds. The maximum Gasteiger partial charge on any atom is 0.332 e. The molecule has 1 atom stereocenters. The van der Waals surface area contributed by atoms with E-state index in [9.17, 15) is 20.7 Å². The average Bonchev–Trinajstić information content (AvgIpc) is 2.27. The smallest absolute Gasteiger partial charge is 0.208 e. The molecule has 108 valence electrons. The Morgan fingerprint density at radius 3 is 2.32 bits per heavy atom. The molecule has 0 saturated carbocycles. The van der Waals surface area contributed by atoms with Crippen molar-refractivity contribution in [2.45, 2.75) is 42.5 Å². The van der Waals surface area contributed by atoms with Crippen LogP contribution in [0.5, 0.6) is 0 Å². The second kappa shape index (κ2) is 5.98. The lowest BCUT2D eigenvalue weighted by molar-refractivity contribution is 0.543. The van der Waals surface area contributed by atoms with Gasteiger partial charge in [0.2, 0.25) is 10.0 Å². The fourth-order valence-electron chi connectivity index (χ4n) is 1.62. The molecule has 0 aromatic heterocycles. The van der Waals surface area contributed by atoms with Crippen molar-refractivity contribution >= 4 is 20.2 Å². The Bertz CT molecular complexity index is 640. The largest absolute Gasteiger partial charge is 0.332 e. The van der Waals surface area contributed by atoms with Crippen LogP contribution in [0.15, 0.2) is 34.1 Å². The normalized spacial score (nSPS) is 14.3. The minimum atomic E-state index is -4.92. The molecule has 0 aliphatic heterocycles. The topological polar surface area (TPSA) is 80.3 Å². The molecule has 0 bridgehead atoms. The van der Waals surface area contributed by atoms with Gasteiger partial charge >= 0.3 is 10.2 Å². The Labute approximate surface area is 113 Å². The third-order valence-electron chi connectivity index (χ3n) is 2.48.